The molecule has 1 N–H and O–H groups in total. The summed E-state index contributed by atoms with van der Waals surface area (Å²) in [7, 11) is -2.62. The van der Waals surface area contributed by atoms with Crippen LogP contribution in [0.2, 0.25) is 10.0 Å². The van der Waals surface area contributed by atoms with Gasteiger partial charge < -0.3 is 0 Å². The van der Waals surface area contributed by atoms with Crippen molar-refractivity contribution in [1.82, 2.24) is 4.72 Å². The normalized spacial score (nSPS) is 10.9. The number of thiol groups is 1. The highest BCUT2D eigenvalue weighted by molar-refractivity contribution is 7.70. The minimum Gasteiger partial charge on any atom is -0.292 e. The first kappa shape index (κ1) is 18.6. The molecule has 0 atom stereocenters. The predicted octanol–water partition coefficient (Wildman–Crippen LogP) is 4.47. The molecule has 0 aliphatic carbocycles. The zero-order valence-corrected chi connectivity index (χ0v) is 14.6. The molecular weight excluding hydrogens is 341 g/mol. The van der Waals surface area contributed by atoms with Gasteiger partial charge in [-0.05, 0) is 37.1 Å². The van der Waals surface area contributed by atoms with E-state index in [4.69, 9.17) is 23.2 Å². The van der Waals surface area contributed by atoms with Crippen molar-refractivity contribution in [2.75, 3.05) is 0 Å². The molecule has 0 aromatic heterocycles. The lowest BCUT2D eigenvalue weighted by Crippen LogP contribution is -2.01. The fourth-order valence-corrected chi connectivity index (χ4v) is 2.11. The molecule has 0 saturated carbocycles. The van der Waals surface area contributed by atoms with Gasteiger partial charge in [-0.15, -0.1) is 0 Å². The van der Waals surface area contributed by atoms with Crippen molar-refractivity contribution in [1.29, 1.82) is 0 Å². The summed E-state index contributed by atoms with van der Waals surface area (Å²) >= 11 is 11.6. The van der Waals surface area contributed by atoms with E-state index in [-0.39, 0.29) is 0 Å². The van der Waals surface area contributed by atoms with Crippen LogP contribution in [-0.2, 0) is 10.9 Å². The van der Waals surface area contributed by atoms with Crippen LogP contribution in [0.1, 0.15) is 18.1 Å². The monoisotopic (exact) mass is 357 g/mol. The number of hydrogen-bond acceptors (Lipinski definition) is 2. The molecule has 0 heterocycles. The second-order valence-corrected chi connectivity index (χ2v) is 6.08. The molecule has 2 aromatic rings. The maximum absolute atomic E-state index is 10.3. The SMILES string of the molecule is CC(=CN[SH](=O)=O)c1ccc(Cl)c(Cl)c1.Cc1ccccc1. The summed E-state index contributed by atoms with van der Waals surface area (Å²) in [5, 5.41) is 0.907. The molecule has 2 rings (SSSR count). The quantitative estimate of drug-likeness (QED) is 0.796. The maximum atomic E-state index is 10.3. The third kappa shape index (κ3) is 6.98. The largest absolute Gasteiger partial charge is 0.292 e. The second kappa shape index (κ2) is 9.51. The molecule has 0 fully saturated rings. The van der Waals surface area contributed by atoms with Gasteiger partial charge in [0.05, 0.1) is 10.0 Å². The van der Waals surface area contributed by atoms with Gasteiger partial charge in [-0.1, -0.05) is 65.2 Å². The van der Waals surface area contributed by atoms with Gasteiger partial charge in [-0.3, -0.25) is 4.72 Å². The van der Waals surface area contributed by atoms with Gasteiger partial charge >= 0.3 is 0 Å². The van der Waals surface area contributed by atoms with Crippen molar-refractivity contribution in [3.63, 3.8) is 0 Å². The van der Waals surface area contributed by atoms with Crippen LogP contribution in [0.25, 0.3) is 5.57 Å². The molecule has 0 aliphatic heterocycles. The minimum absolute atomic E-state index is 0.438. The summed E-state index contributed by atoms with van der Waals surface area (Å²) in [6, 6.07) is 15.4. The fraction of sp³-hybridized carbons (Fsp3) is 0.125. The maximum Gasteiger partial charge on any atom is 0.222 e. The Bertz CT molecular complexity index is 705. The molecule has 0 amide bonds. The molecule has 0 spiro atoms. The van der Waals surface area contributed by atoms with E-state index in [9.17, 15) is 8.42 Å². The van der Waals surface area contributed by atoms with Gasteiger partial charge in [-0.2, -0.15) is 0 Å². The number of nitrogens with one attached hydrogen (secondary N) is 1. The Morgan fingerprint density at radius 1 is 1.05 bits per heavy atom. The van der Waals surface area contributed by atoms with Gasteiger partial charge in [-0.25, -0.2) is 8.42 Å². The van der Waals surface area contributed by atoms with Crippen LogP contribution in [0.5, 0.6) is 0 Å². The Morgan fingerprint density at radius 3 is 2.14 bits per heavy atom. The fourth-order valence-electron chi connectivity index (χ4n) is 1.51. The van der Waals surface area contributed by atoms with E-state index in [2.05, 4.69) is 23.8 Å². The standard InChI is InChI=1S/C9H9Cl2NO2S.C7H8/c1-6(5-12-15(13)14)7-2-3-8(10)9(11)4-7;1-7-5-3-2-4-6-7/h2-5,15H,1H3,(H,12,13,14);2-6H,1H3. The average Bonchev–Trinajstić information content (AvgIpc) is 2.49. The molecular formula is C16H17Cl2NO2S. The van der Waals surface area contributed by atoms with Crippen molar-refractivity contribution in [3.05, 3.63) is 75.9 Å². The molecule has 0 aliphatic rings. The molecule has 6 heteroatoms. The molecule has 0 radical (unpaired) electrons. The topological polar surface area (TPSA) is 46.2 Å². The van der Waals surface area contributed by atoms with Crippen molar-refractivity contribution < 1.29 is 8.42 Å². The Hall–Kier alpha value is -1.49. The van der Waals surface area contributed by atoms with E-state index in [1.54, 1.807) is 25.1 Å². The van der Waals surface area contributed by atoms with Crippen LogP contribution in [0.15, 0.2) is 54.7 Å². The second-order valence-electron chi connectivity index (χ2n) is 4.50. The van der Waals surface area contributed by atoms with E-state index < -0.39 is 10.9 Å². The Labute approximate surface area is 142 Å². The Kier molecular flexibility index (Phi) is 8.02. The van der Waals surface area contributed by atoms with Crippen molar-refractivity contribution in [3.8, 4) is 0 Å². The van der Waals surface area contributed by atoms with Crippen LogP contribution in [0.4, 0.5) is 0 Å². The van der Waals surface area contributed by atoms with Crippen molar-refractivity contribution in [2.45, 2.75) is 13.8 Å². The molecule has 0 bridgehead atoms. The highest BCUT2D eigenvalue weighted by Crippen LogP contribution is 2.25. The summed E-state index contributed by atoms with van der Waals surface area (Å²) < 4.78 is 22.8. The molecule has 0 unspecified atom stereocenters. The number of rotatable bonds is 3. The van der Waals surface area contributed by atoms with Gasteiger partial charge in [0.15, 0.2) is 0 Å². The van der Waals surface area contributed by atoms with Crippen LogP contribution in [0, 0.1) is 6.92 Å². The predicted molar refractivity (Wildman–Crippen MR) is 94.7 cm³/mol. The first-order valence-corrected chi connectivity index (χ1v) is 8.38. The summed E-state index contributed by atoms with van der Waals surface area (Å²) in [5.74, 6) is 0. The highest BCUT2D eigenvalue weighted by Gasteiger charge is 2.00. The van der Waals surface area contributed by atoms with Gasteiger partial charge in [0, 0.05) is 6.20 Å². The lowest BCUT2D eigenvalue weighted by atomic mass is 10.1. The van der Waals surface area contributed by atoms with Gasteiger partial charge in [0.2, 0.25) is 10.9 Å². The number of benzene rings is 2. The number of halogens is 2. The Balaban J connectivity index is 0.000000287. The number of hydrogen-bond donors (Lipinski definition) is 2. The lowest BCUT2D eigenvalue weighted by molar-refractivity contribution is 0.610. The van der Waals surface area contributed by atoms with E-state index in [0.717, 1.165) is 11.1 Å². The molecule has 2 aromatic carbocycles. The average molecular weight is 358 g/mol. The summed E-state index contributed by atoms with van der Waals surface area (Å²) in [6.07, 6.45) is 1.39. The smallest absolute Gasteiger partial charge is 0.222 e. The zero-order chi connectivity index (χ0) is 16.5. The van der Waals surface area contributed by atoms with Crippen LogP contribution >= 0.6 is 23.2 Å². The first-order valence-electron chi connectivity index (χ1n) is 6.44. The summed E-state index contributed by atoms with van der Waals surface area (Å²) in [5.41, 5.74) is 2.89. The van der Waals surface area contributed by atoms with E-state index >= 15 is 0 Å². The van der Waals surface area contributed by atoms with Gasteiger partial charge in [0.1, 0.15) is 0 Å². The lowest BCUT2D eigenvalue weighted by Gasteiger charge is -2.03. The van der Waals surface area contributed by atoms with Crippen LogP contribution in [0.3, 0.4) is 0 Å². The number of allylic oxidation sites excluding steroid dienone is 1. The van der Waals surface area contributed by atoms with E-state index in [1.165, 1.54) is 11.8 Å². The van der Waals surface area contributed by atoms with Crippen molar-refractivity contribution in [2.24, 2.45) is 0 Å². The minimum atomic E-state index is -2.62. The zero-order valence-electron chi connectivity index (χ0n) is 12.2. The van der Waals surface area contributed by atoms with Crippen LogP contribution in [-0.4, -0.2) is 8.42 Å². The first-order chi connectivity index (χ1) is 10.4. The van der Waals surface area contributed by atoms with E-state index in [1.807, 2.05) is 18.2 Å². The highest BCUT2D eigenvalue weighted by atomic mass is 35.5. The molecule has 118 valence electrons. The summed E-state index contributed by atoms with van der Waals surface area (Å²) in [4.78, 5) is 0. The molecule has 0 saturated heterocycles. The Morgan fingerprint density at radius 2 is 1.68 bits per heavy atom. The third-order valence-corrected chi connectivity index (χ3v) is 3.78. The summed E-state index contributed by atoms with van der Waals surface area (Å²) in [6.45, 7) is 3.85. The molecule has 3 nitrogen and oxygen atoms in total. The third-order valence-electron chi connectivity index (χ3n) is 2.70. The van der Waals surface area contributed by atoms with E-state index in [0.29, 0.717) is 10.0 Å². The molecule has 22 heavy (non-hydrogen) atoms. The van der Waals surface area contributed by atoms with Crippen molar-refractivity contribution >= 4 is 39.7 Å². The number of aryl methyl sites for hydroxylation is 1. The van der Waals surface area contributed by atoms with Crippen LogP contribution < -0.4 is 4.72 Å². The van der Waals surface area contributed by atoms with Gasteiger partial charge in [0.25, 0.3) is 0 Å².